The van der Waals surface area contributed by atoms with Crippen molar-refractivity contribution in [3.8, 4) is 17.0 Å². The number of anilines is 1. The van der Waals surface area contributed by atoms with E-state index in [2.05, 4.69) is 20.5 Å². The van der Waals surface area contributed by atoms with Gasteiger partial charge in [-0.3, -0.25) is 14.3 Å². The van der Waals surface area contributed by atoms with Gasteiger partial charge in [-0.2, -0.15) is 23.4 Å². The molecule has 0 aliphatic heterocycles. The molecule has 0 unspecified atom stereocenters. The van der Waals surface area contributed by atoms with E-state index in [0.717, 1.165) is 16.9 Å². The van der Waals surface area contributed by atoms with Gasteiger partial charge in [-0.25, -0.2) is 9.50 Å². The predicted octanol–water partition coefficient (Wildman–Crippen LogP) is 2.51. The number of alkyl halides is 3. The molecule has 10 nitrogen and oxygen atoms in total. The minimum atomic E-state index is -4.77. The maximum Gasteiger partial charge on any atom is 0.433 e. The second kappa shape index (κ2) is 7.93. The maximum absolute atomic E-state index is 13.8. The summed E-state index contributed by atoms with van der Waals surface area (Å²) in [5, 5.41) is 9.99. The van der Waals surface area contributed by atoms with Gasteiger partial charge in [-0.05, 0) is 30.3 Å². The third-order valence-corrected chi connectivity index (χ3v) is 4.81. The van der Waals surface area contributed by atoms with Crippen LogP contribution < -0.4 is 15.8 Å². The van der Waals surface area contributed by atoms with Crippen LogP contribution in [0.15, 0.2) is 42.7 Å². The molecule has 3 aromatic heterocycles. The zero-order valence-electron chi connectivity index (χ0n) is 17.2. The molecular formula is C20H16F3N7O3. The van der Waals surface area contributed by atoms with Gasteiger partial charge in [0.25, 0.3) is 11.8 Å². The molecule has 33 heavy (non-hydrogen) atoms. The summed E-state index contributed by atoms with van der Waals surface area (Å²) in [4.78, 5) is 28.8. The number of hydrogen-bond acceptors (Lipinski definition) is 6. The molecule has 0 aliphatic rings. The van der Waals surface area contributed by atoms with Crippen molar-refractivity contribution in [1.82, 2.24) is 24.4 Å². The van der Waals surface area contributed by atoms with Crippen molar-refractivity contribution >= 4 is 23.1 Å². The number of aryl methyl sites for hydroxylation is 1. The molecular weight excluding hydrogens is 443 g/mol. The largest absolute Gasteiger partial charge is 0.497 e. The Morgan fingerprint density at radius 3 is 2.42 bits per heavy atom. The third-order valence-electron chi connectivity index (χ3n) is 4.81. The summed E-state index contributed by atoms with van der Waals surface area (Å²) in [6.45, 7) is 0. The Labute approximate surface area is 183 Å². The number of nitrogens with two attached hydrogens (primary N) is 1. The maximum atomic E-state index is 13.8. The van der Waals surface area contributed by atoms with E-state index in [-0.39, 0.29) is 28.3 Å². The van der Waals surface area contributed by atoms with Crippen LogP contribution in [-0.2, 0) is 13.2 Å². The van der Waals surface area contributed by atoms with E-state index in [1.807, 2.05) is 0 Å². The molecule has 4 aromatic rings. The third kappa shape index (κ3) is 3.95. The Morgan fingerprint density at radius 1 is 1.12 bits per heavy atom. The normalized spacial score (nSPS) is 11.5. The topological polar surface area (TPSA) is 129 Å². The highest BCUT2D eigenvalue weighted by Gasteiger charge is 2.36. The number of amides is 2. The minimum Gasteiger partial charge on any atom is -0.497 e. The van der Waals surface area contributed by atoms with Crippen LogP contribution in [0.1, 0.15) is 26.5 Å². The number of ether oxygens (including phenoxy) is 1. The number of carbonyl (C=O) groups excluding carboxylic acids is 2. The average molecular weight is 459 g/mol. The summed E-state index contributed by atoms with van der Waals surface area (Å²) in [6, 6.07) is 7.08. The molecule has 170 valence electrons. The quantitative estimate of drug-likeness (QED) is 0.472. The molecule has 3 N–H and O–H groups in total. The van der Waals surface area contributed by atoms with Gasteiger partial charge in [0.15, 0.2) is 11.3 Å². The SMILES string of the molecule is COc1ccc(-c2cc(C(F)(F)F)n3ncc(C(=O)Nc4cnn(C)c4C(N)=O)c3n2)cc1. The number of methoxy groups -OCH3 is 1. The van der Waals surface area contributed by atoms with Crippen LogP contribution in [0.25, 0.3) is 16.9 Å². The second-order valence-corrected chi connectivity index (χ2v) is 6.90. The van der Waals surface area contributed by atoms with Gasteiger partial charge in [0, 0.05) is 12.6 Å². The first kappa shape index (κ1) is 21.8. The molecule has 13 heteroatoms. The van der Waals surface area contributed by atoms with Gasteiger partial charge in [0.1, 0.15) is 17.0 Å². The Kier molecular flexibility index (Phi) is 5.24. The van der Waals surface area contributed by atoms with Gasteiger partial charge in [-0.15, -0.1) is 0 Å². The molecule has 0 aliphatic carbocycles. The number of primary amides is 1. The first-order valence-electron chi connectivity index (χ1n) is 9.33. The number of hydrogen-bond donors (Lipinski definition) is 2. The molecule has 4 rings (SSSR count). The van der Waals surface area contributed by atoms with Gasteiger partial charge >= 0.3 is 6.18 Å². The van der Waals surface area contributed by atoms with Gasteiger partial charge in [0.05, 0.1) is 30.9 Å². The van der Waals surface area contributed by atoms with Gasteiger partial charge in [-0.1, -0.05) is 0 Å². The zero-order chi connectivity index (χ0) is 23.9. The summed E-state index contributed by atoms with van der Waals surface area (Å²) < 4.78 is 48.1. The van der Waals surface area contributed by atoms with E-state index in [1.54, 1.807) is 24.3 Å². The molecule has 0 radical (unpaired) electrons. The summed E-state index contributed by atoms with van der Waals surface area (Å²) in [5.41, 5.74) is 3.90. The number of rotatable bonds is 5. The van der Waals surface area contributed by atoms with Gasteiger partial charge in [0.2, 0.25) is 0 Å². The molecule has 0 saturated heterocycles. The molecule has 1 aromatic carbocycles. The molecule has 3 heterocycles. The predicted molar refractivity (Wildman–Crippen MR) is 110 cm³/mol. The number of benzene rings is 1. The Balaban J connectivity index is 1.83. The van der Waals surface area contributed by atoms with Crippen molar-refractivity contribution in [2.45, 2.75) is 6.18 Å². The van der Waals surface area contributed by atoms with Crippen LogP contribution in [0.3, 0.4) is 0 Å². The Hall–Kier alpha value is -4.42. The van der Waals surface area contributed by atoms with Crippen LogP contribution >= 0.6 is 0 Å². The Bertz CT molecular complexity index is 1370. The molecule has 0 atom stereocenters. The highest BCUT2D eigenvalue weighted by molar-refractivity contribution is 6.10. The van der Waals surface area contributed by atoms with Crippen molar-refractivity contribution in [2.24, 2.45) is 12.8 Å². The second-order valence-electron chi connectivity index (χ2n) is 6.90. The average Bonchev–Trinajstić information content (AvgIpc) is 3.35. The summed E-state index contributed by atoms with van der Waals surface area (Å²) in [5.74, 6) is -1.17. The van der Waals surface area contributed by atoms with Crippen molar-refractivity contribution in [2.75, 3.05) is 12.4 Å². The number of aromatic nitrogens is 5. The molecule has 0 bridgehead atoms. The lowest BCUT2D eigenvalue weighted by Gasteiger charge is -2.12. The smallest absolute Gasteiger partial charge is 0.433 e. The molecule has 0 spiro atoms. The highest BCUT2D eigenvalue weighted by Crippen LogP contribution is 2.33. The standard InChI is InChI=1S/C20H16F3N7O3/c1-29-16(17(24)31)14(9-25-29)28-19(32)12-8-26-30-15(20(21,22)23)7-13(27-18(12)30)10-3-5-11(33-2)6-4-10/h3-9H,1-2H3,(H2,24,31)(H,28,32). The lowest BCUT2D eigenvalue weighted by molar-refractivity contribution is -0.142. The monoisotopic (exact) mass is 459 g/mol. The van der Waals surface area contributed by atoms with Crippen LogP contribution in [-0.4, -0.2) is 43.3 Å². The minimum absolute atomic E-state index is 0.00305. The number of carbonyl (C=O) groups is 2. The summed E-state index contributed by atoms with van der Waals surface area (Å²) >= 11 is 0. The van der Waals surface area contributed by atoms with Crippen LogP contribution in [0.2, 0.25) is 0 Å². The first-order chi connectivity index (χ1) is 15.6. The van der Waals surface area contributed by atoms with Crippen LogP contribution in [0, 0.1) is 0 Å². The van der Waals surface area contributed by atoms with E-state index >= 15 is 0 Å². The fourth-order valence-corrected chi connectivity index (χ4v) is 3.25. The number of fused-ring (bicyclic) bond motifs is 1. The van der Waals surface area contributed by atoms with Gasteiger partial charge < -0.3 is 15.8 Å². The van der Waals surface area contributed by atoms with Crippen molar-refractivity contribution < 1.29 is 27.5 Å². The molecule has 0 fully saturated rings. The van der Waals surface area contributed by atoms with E-state index in [0.29, 0.717) is 15.8 Å². The Morgan fingerprint density at radius 2 is 1.82 bits per heavy atom. The number of nitrogens with one attached hydrogen (secondary N) is 1. The highest BCUT2D eigenvalue weighted by atomic mass is 19.4. The fourth-order valence-electron chi connectivity index (χ4n) is 3.25. The molecule has 0 saturated carbocycles. The van der Waals surface area contributed by atoms with E-state index in [4.69, 9.17) is 10.5 Å². The summed E-state index contributed by atoms with van der Waals surface area (Å²) in [7, 11) is 2.91. The van der Waals surface area contributed by atoms with Crippen molar-refractivity contribution in [1.29, 1.82) is 0 Å². The van der Waals surface area contributed by atoms with E-state index < -0.39 is 23.7 Å². The van der Waals surface area contributed by atoms with E-state index in [1.165, 1.54) is 20.4 Å². The van der Waals surface area contributed by atoms with E-state index in [9.17, 15) is 22.8 Å². The number of nitrogens with zero attached hydrogens (tertiary/aromatic N) is 5. The van der Waals surface area contributed by atoms with Crippen LogP contribution in [0.4, 0.5) is 18.9 Å². The number of halogens is 3. The van der Waals surface area contributed by atoms with Crippen LogP contribution in [0.5, 0.6) is 5.75 Å². The first-order valence-corrected chi connectivity index (χ1v) is 9.33. The molecule has 2 amide bonds. The van der Waals surface area contributed by atoms with Crippen molar-refractivity contribution in [3.63, 3.8) is 0 Å². The fraction of sp³-hybridized carbons (Fsp3) is 0.150. The van der Waals surface area contributed by atoms with Crippen molar-refractivity contribution in [3.05, 3.63) is 59.7 Å². The zero-order valence-corrected chi connectivity index (χ0v) is 17.2. The lowest BCUT2D eigenvalue weighted by Crippen LogP contribution is -2.20. The summed E-state index contributed by atoms with van der Waals surface area (Å²) in [6.07, 6.45) is -2.61. The lowest BCUT2D eigenvalue weighted by atomic mass is 10.1.